The Bertz CT molecular complexity index is 892. The lowest BCUT2D eigenvalue weighted by Crippen LogP contribution is -2.18. The predicted molar refractivity (Wildman–Crippen MR) is 113 cm³/mol. The van der Waals surface area contributed by atoms with Gasteiger partial charge in [0, 0.05) is 17.5 Å². The summed E-state index contributed by atoms with van der Waals surface area (Å²) in [5.74, 6) is -0.608. The number of pyridine rings is 1. The number of hydrogen-bond acceptors (Lipinski definition) is 6. The molecular weight excluding hydrogens is 403 g/mol. The van der Waals surface area contributed by atoms with Gasteiger partial charge in [-0.15, -0.1) is 0 Å². The number of ether oxygens (including phenoxy) is 1. The van der Waals surface area contributed by atoms with Crippen LogP contribution in [0.3, 0.4) is 0 Å². The first-order valence-electron chi connectivity index (χ1n) is 8.50. The number of anilines is 2. The molecule has 28 heavy (non-hydrogen) atoms. The third kappa shape index (κ3) is 5.59. The first kappa shape index (κ1) is 22.0. The highest BCUT2D eigenvalue weighted by Gasteiger charge is 2.17. The molecule has 0 saturated carbocycles. The summed E-state index contributed by atoms with van der Waals surface area (Å²) < 4.78 is 22.5. The summed E-state index contributed by atoms with van der Waals surface area (Å²) in [6.45, 7) is 6.08. The van der Waals surface area contributed by atoms with Gasteiger partial charge < -0.3 is 15.5 Å². The maximum absolute atomic E-state index is 14.4. The zero-order valence-electron chi connectivity index (χ0n) is 16.0. The van der Waals surface area contributed by atoms with Gasteiger partial charge in [-0.2, -0.15) is 0 Å². The molecule has 0 unspecified atom stereocenters. The van der Waals surface area contributed by atoms with E-state index in [1.165, 1.54) is 18.3 Å². The summed E-state index contributed by atoms with van der Waals surface area (Å²) in [7, 11) is 0. The highest BCUT2D eigenvalue weighted by molar-refractivity contribution is 7.97. The van der Waals surface area contributed by atoms with Crippen LogP contribution in [-0.2, 0) is 0 Å². The third-order valence-electron chi connectivity index (χ3n) is 3.59. The van der Waals surface area contributed by atoms with Gasteiger partial charge >= 0.3 is 0 Å². The van der Waals surface area contributed by atoms with E-state index in [1.807, 2.05) is 13.8 Å². The van der Waals surface area contributed by atoms with Crippen molar-refractivity contribution in [2.45, 2.75) is 20.8 Å². The molecule has 9 heteroatoms. The van der Waals surface area contributed by atoms with Crippen molar-refractivity contribution in [2.24, 2.45) is 5.92 Å². The van der Waals surface area contributed by atoms with E-state index in [0.717, 1.165) is 11.9 Å². The average Bonchev–Trinajstić information content (AvgIpc) is 2.60. The molecule has 0 radical (unpaired) electrons. The summed E-state index contributed by atoms with van der Waals surface area (Å²) in [4.78, 5) is 16.2. The number of nitrogens with zero attached hydrogens (tertiary/aromatic N) is 1. The molecule has 0 aliphatic rings. The van der Waals surface area contributed by atoms with Gasteiger partial charge in [-0.1, -0.05) is 37.4 Å². The zero-order valence-corrected chi connectivity index (χ0v) is 17.6. The van der Waals surface area contributed by atoms with Gasteiger partial charge in [-0.05, 0) is 31.0 Å². The molecule has 0 aliphatic carbocycles. The molecular formula is C19H22ClFN4O2S. The molecule has 1 aromatic heterocycles. The number of halogens is 2. The Kier molecular flexibility index (Phi) is 7.65. The van der Waals surface area contributed by atoms with Gasteiger partial charge in [0.25, 0.3) is 5.91 Å². The van der Waals surface area contributed by atoms with Gasteiger partial charge in [0.15, 0.2) is 0 Å². The summed E-state index contributed by atoms with van der Waals surface area (Å²) >= 11 is 7.29. The summed E-state index contributed by atoms with van der Waals surface area (Å²) in [5.41, 5.74) is 1.28. The Hall–Kier alpha value is -2.32. The van der Waals surface area contributed by atoms with Crippen molar-refractivity contribution in [1.82, 2.24) is 9.71 Å². The van der Waals surface area contributed by atoms with Crippen molar-refractivity contribution in [3.63, 3.8) is 0 Å². The number of benzene rings is 1. The number of hydrogen-bond donors (Lipinski definition) is 3. The van der Waals surface area contributed by atoms with E-state index in [0.29, 0.717) is 40.4 Å². The van der Waals surface area contributed by atoms with Crippen LogP contribution in [0, 0.1) is 17.1 Å². The van der Waals surface area contributed by atoms with Crippen LogP contribution < -0.4 is 14.8 Å². The lowest BCUT2D eigenvalue weighted by molar-refractivity contribution is 0.0980. The van der Waals surface area contributed by atoms with E-state index in [1.54, 1.807) is 19.2 Å². The van der Waals surface area contributed by atoms with Crippen molar-refractivity contribution in [1.29, 1.82) is 5.41 Å². The lowest BCUT2D eigenvalue weighted by atomic mass is 10.0. The van der Waals surface area contributed by atoms with Crippen molar-refractivity contribution in [3.8, 4) is 5.88 Å². The van der Waals surface area contributed by atoms with E-state index in [2.05, 4.69) is 15.0 Å². The molecule has 0 aliphatic heterocycles. The molecule has 2 aromatic rings. The summed E-state index contributed by atoms with van der Waals surface area (Å²) in [5, 5.41) is 11.3. The number of amides is 1. The van der Waals surface area contributed by atoms with E-state index < -0.39 is 11.7 Å². The second kappa shape index (κ2) is 9.75. The van der Waals surface area contributed by atoms with Crippen LogP contribution >= 0.6 is 23.5 Å². The van der Waals surface area contributed by atoms with Gasteiger partial charge in [-0.3, -0.25) is 9.52 Å². The van der Waals surface area contributed by atoms with E-state index in [-0.39, 0.29) is 11.3 Å². The predicted octanol–water partition coefficient (Wildman–Crippen LogP) is 5.05. The minimum absolute atomic E-state index is 0.130. The second-order valence-corrected chi connectivity index (χ2v) is 7.50. The largest absolute Gasteiger partial charge is 0.476 e. The van der Waals surface area contributed by atoms with E-state index >= 15 is 0 Å². The van der Waals surface area contributed by atoms with Crippen LogP contribution in [-0.4, -0.2) is 29.5 Å². The van der Waals surface area contributed by atoms with Crippen molar-refractivity contribution in [2.75, 3.05) is 18.2 Å². The van der Waals surface area contributed by atoms with Crippen molar-refractivity contribution in [3.05, 3.63) is 46.4 Å². The Morgan fingerprint density at radius 3 is 2.64 bits per heavy atom. The van der Waals surface area contributed by atoms with Crippen LogP contribution in [0.4, 0.5) is 15.8 Å². The van der Waals surface area contributed by atoms with Crippen molar-refractivity contribution < 1.29 is 13.9 Å². The zero-order chi connectivity index (χ0) is 20.8. The molecule has 0 bridgehead atoms. The van der Waals surface area contributed by atoms with Crippen LogP contribution in [0.25, 0.3) is 0 Å². The molecule has 0 atom stereocenters. The van der Waals surface area contributed by atoms with Crippen LogP contribution in [0.1, 0.15) is 36.7 Å². The van der Waals surface area contributed by atoms with Gasteiger partial charge in [0.1, 0.15) is 10.8 Å². The minimum Gasteiger partial charge on any atom is -0.476 e. The number of rotatable bonds is 8. The number of carbonyl (C=O) groups excluding carboxylic acids is 1. The Labute approximate surface area is 172 Å². The Morgan fingerprint density at radius 1 is 1.36 bits per heavy atom. The van der Waals surface area contributed by atoms with Crippen molar-refractivity contribution >= 4 is 46.5 Å². The molecule has 1 aromatic carbocycles. The molecule has 0 spiro atoms. The molecule has 0 fully saturated rings. The third-order valence-corrected chi connectivity index (χ3v) is 4.25. The standard InChI is InChI=1S/C19H22ClFN4O2S/c1-10(2)9-27-19-15(20)5-12(8-23-19)24-17-7-16(21)14(18(26)25-28-4)6-13(17)11(3)22/h5-8,10,22,24H,9H2,1-4H3,(H,25,26). The highest BCUT2D eigenvalue weighted by Crippen LogP contribution is 2.29. The quantitative estimate of drug-likeness (QED) is 0.407. The van der Waals surface area contributed by atoms with Crippen LogP contribution in [0.5, 0.6) is 5.88 Å². The van der Waals surface area contributed by atoms with E-state index in [9.17, 15) is 9.18 Å². The monoisotopic (exact) mass is 424 g/mol. The summed E-state index contributed by atoms with van der Waals surface area (Å²) in [6.07, 6.45) is 3.18. The summed E-state index contributed by atoms with van der Waals surface area (Å²) in [6, 6.07) is 4.14. The molecule has 2 rings (SSSR count). The second-order valence-electron chi connectivity index (χ2n) is 6.48. The Morgan fingerprint density at radius 2 is 2.07 bits per heavy atom. The fourth-order valence-electron chi connectivity index (χ4n) is 2.31. The van der Waals surface area contributed by atoms with Crippen LogP contribution in [0.2, 0.25) is 5.02 Å². The minimum atomic E-state index is -0.699. The molecule has 1 heterocycles. The average molecular weight is 425 g/mol. The SMILES string of the molecule is CSNC(=O)c1cc(C(C)=N)c(Nc2cnc(OCC(C)C)c(Cl)c2)cc1F. The van der Waals surface area contributed by atoms with Crippen LogP contribution in [0.15, 0.2) is 24.4 Å². The first-order chi connectivity index (χ1) is 13.2. The first-order valence-corrected chi connectivity index (χ1v) is 10.1. The lowest BCUT2D eigenvalue weighted by Gasteiger charge is -2.15. The smallest absolute Gasteiger partial charge is 0.264 e. The highest BCUT2D eigenvalue weighted by atomic mass is 35.5. The maximum atomic E-state index is 14.4. The fraction of sp³-hybridized carbons (Fsp3) is 0.316. The number of nitrogens with one attached hydrogen (secondary N) is 3. The molecule has 1 amide bonds. The Balaban J connectivity index is 2.32. The van der Waals surface area contributed by atoms with Gasteiger partial charge in [0.2, 0.25) is 5.88 Å². The maximum Gasteiger partial charge on any atom is 0.264 e. The molecule has 150 valence electrons. The fourth-order valence-corrected chi connectivity index (χ4v) is 2.83. The number of aromatic nitrogens is 1. The molecule has 3 N–H and O–H groups in total. The number of carbonyl (C=O) groups is 1. The molecule has 0 saturated heterocycles. The van der Waals surface area contributed by atoms with Gasteiger partial charge in [-0.25, -0.2) is 9.37 Å². The van der Waals surface area contributed by atoms with E-state index in [4.69, 9.17) is 21.7 Å². The topological polar surface area (TPSA) is 87.1 Å². The normalized spacial score (nSPS) is 10.7. The molecule has 6 nitrogen and oxygen atoms in total. The van der Waals surface area contributed by atoms with Gasteiger partial charge in [0.05, 0.1) is 29.7 Å².